The number of benzene rings is 1. The predicted octanol–water partition coefficient (Wildman–Crippen LogP) is 3.66. The molecule has 11 heteroatoms. The number of alkyl halides is 3. The third-order valence-electron chi connectivity index (χ3n) is 3.11. The van der Waals surface area contributed by atoms with Crippen molar-refractivity contribution in [2.45, 2.75) is 19.1 Å². The number of carbonyl (C=O) groups is 1. The highest BCUT2D eigenvalue weighted by Gasteiger charge is 2.33. The Morgan fingerprint density at radius 1 is 1.46 bits per heavy atom. The molecule has 0 saturated heterocycles. The highest BCUT2D eigenvalue weighted by Crippen LogP contribution is 2.36. The van der Waals surface area contributed by atoms with E-state index in [9.17, 15) is 28.1 Å². The zero-order valence-corrected chi connectivity index (χ0v) is 12.8. The van der Waals surface area contributed by atoms with Crippen LogP contribution in [0.15, 0.2) is 30.6 Å². The highest BCUT2D eigenvalue weighted by atomic mass is 35.5. The number of halogens is 4. The number of carbonyl (C=O) groups excluding carboxylic acids is 1. The van der Waals surface area contributed by atoms with Gasteiger partial charge in [-0.2, -0.15) is 18.3 Å². The second-order valence-electron chi connectivity index (χ2n) is 4.79. The highest BCUT2D eigenvalue weighted by molar-refractivity contribution is 6.31. The molecule has 0 bridgehead atoms. The number of nitrogens with zero attached hydrogens (tertiary/aromatic N) is 3. The first-order chi connectivity index (χ1) is 11.1. The van der Waals surface area contributed by atoms with Crippen LogP contribution >= 0.6 is 11.6 Å². The standard InChI is InChI=1S/C13H10ClF3N4O3/c1-7(20-6-9(5-18-20)21(23)24)12(22)19-8-2-3-11(14)10(4-8)13(15,16)17/h2-7H,1H3,(H,19,22). The second-order valence-corrected chi connectivity index (χ2v) is 5.20. The van der Waals surface area contributed by atoms with Gasteiger partial charge in [-0.05, 0) is 25.1 Å². The number of hydrogen-bond donors (Lipinski definition) is 1. The zero-order valence-electron chi connectivity index (χ0n) is 12.0. The molecule has 0 fully saturated rings. The van der Waals surface area contributed by atoms with E-state index in [2.05, 4.69) is 10.4 Å². The molecule has 0 aliphatic rings. The molecular formula is C13H10ClF3N4O3. The Bertz CT molecular complexity index is 791. The van der Waals surface area contributed by atoms with E-state index < -0.39 is 33.6 Å². The molecule has 1 heterocycles. The van der Waals surface area contributed by atoms with Crippen molar-refractivity contribution in [3.63, 3.8) is 0 Å². The van der Waals surface area contributed by atoms with Crippen molar-refractivity contribution < 1.29 is 22.9 Å². The van der Waals surface area contributed by atoms with E-state index in [4.69, 9.17) is 11.6 Å². The molecule has 1 unspecified atom stereocenters. The summed E-state index contributed by atoms with van der Waals surface area (Å²) >= 11 is 5.50. The van der Waals surface area contributed by atoms with Gasteiger partial charge in [-0.15, -0.1) is 0 Å². The van der Waals surface area contributed by atoms with Crippen LogP contribution in [0.4, 0.5) is 24.5 Å². The molecule has 128 valence electrons. The predicted molar refractivity (Wildman–Crippen MR) is 78.7 cm³/mol. The number of nitro groups is 1. The van der Waals surface area contributed by atoms with Gasteiger partial charge in [0.1, 0.15) is 18.4 Å². The minimum atomic E-state index is -4.66. The summed E-state index contributed by atoms with van der Waals surface area (Å²) in [6, 6.07) is 1.97. The Hall–Kier alpha value is -2.62. The van der Waals surface area contributed by atoms with Crippen molar-refractivity contribution in [1.29, 1.82) is 0 Å². The molecule has 1 N–H and O–H groups in total. The molecule has 0 aliphatic carbocycles. The molecule has 2 aromatic rings. The van der Waals surface area contributed by atoms with Crippen LogP contribution in [0.3, 0.4) is 0 Å². The van der Waals surface area contributed by atoms with Gasteiger partial charge in [-0.3, -0.25) is 19.6 Å². The summed E-state index contributed by atoms with van der Waals surface area (Å²) in [4.78, 5) is 22.0. The maximum Gasteiger partial charge on any atom is 0.417 e. The number of amides is 1. The van der Waals surface area contributed by atoms with Crippen LogP contribution in [-0.2, 0) is 11.0 Å². The molecule has 1 atom stereocenters. The van der Waals surface area contributed by atoms with Gasteiger partial charge in [0, 0.05) is 5.69 Å². The van der Waals surface area contributed by atoms with Crippen LogP contribution in [0.1, 0.15) is 18.5 Å². The van der Waals surface area contributed by atoms with Crippen molar-refractivity contribution >= 4 is 28.9 Å². The molecule has 24 heavy (non-hydrogen) atoms. The normalized spacial score (nSPS) is 12.7. The van der Waals surface area contributed by atoms with Crippen LogP contribution in [0.25, 0.3) is 0 Å². The Labute approximate surface area is 138 Å². The van der Waals surface area contributed by atoms with Crippen LogP contribution in [0, 0.1) is 10.1 Å². The Kier molecular flexibility index (Phi) is 4.78. The first kappa shape index (κ1) is 17.7. The van der Waals surface area contributed by atoms with Crippen molar-refractivity contribution in [1.82, 2.24) is 9.78 Å². The lowest BCUT2D eigenvalue weighted by molar-refractivity contribution is -0.385. The summed E-state index contributed by atoms with van der Waals surface area (Å²) in [6.07, 6.45) is -2.65. The number of aromatic nitrogens is 2. The molecule has 1 amide bonds. The molecule has 0 saturated carbocycles. The van der Waals surface area contributed by atoms with E-state index >= 15 is 0 Å². The monoisotopic (exact) mass is 362 g/mol. The number of rotatable bonds is 4. The number of nitrogens with one attached hydrogen (secondary N) is 1. The van der Waals surface area contributed by atoms with Crippen LogP contribution in [-0.4, -0.2) is 20.6 Å². The number of hydrogen-bond acceptors (Lipinski definition) is 4. The average Bonchev–Trinajstić information content (AvgIpc) is 2.97. The molecule has 0 radical (unpaired) electrons. The van der Waals surface area contributed by atoms with Crippen molar-refractivity contribution in [2.24, 2.45) is 0 Å². The SMILES string of the molecule is CC(C(=O)Nc1ccc(Cl)c(C(F)(F)F)c1)n1cc([N+](=O)[O-])cn1. The summed E-state index contributed by atoms with van der Waals surface area (Å²) in [5, 5.41) is 16.1. The summed E-state index contributed by atoms with van der Waals surface area (Å²) in [5.41, 5.74) is -1.49. The minimum absolute atomic E-state index is 0.106. The van der Waals surface area contributed by atoms with Crippen molar-refractivity contribution in [3.8, 4) is 0 Å². The number of anilines is 1. The maximum atomic E-state index is 12.8. The van der Waals surface area contributed by atoms with E-state index in [0.29, 0.717) is 6.07 Å². The third kappa shape index (κ3) is 3.82. The quantitative estimate of drug-likeness (QED) is 0.663. The van der Waals surface area contributed by atoms with Gasteiger partial charge in [-0.25, -0.2) is 0 Å². The minimum Gasteiger partial charge on any atom is -0.324 e. The zero-order chi connectivity index (χ0) is 18.1. The summed E-state index contributed by atoms with van der Waals surface area (Å²) in [7, 11) is 0. The van der Waals surface area contributed by atoms with Gasteiger partial charge in [-0.1, -0.05) is 11.6 Å². The smallest absolute Gasteiger partial charge is 0.324 e. The summed E-state index contributed by atoms with van der Waals surface area (Å²) in [5.74, 6) is -0.691. The Morgan fingerprint density at radius 3 is 2.67 bits per heavy atom. The van der Waals surface area contributed by atoms with Gasteiger partial charge >= 0.3 is 11.9 Å². The average molecular weight is 363 g/mol. The van der Waals surface area contributed by atoms with Crippen LogP contribution in [0.2, 0.25) is 5.02 Å². The van der Waals surface area contributed by atoms with E-state index in [0.717, 1.165) is 23.1 Å². The Balaban J connectivity index is 2.18. The molecule has 2 rings (SSSR count). The van der Waals surface area contributed by atoms with E-state index in [1.54, 1.807) is 0 Å². The fraction of sp³-hybridized carbons (Fsp3) is 0.231. The van der Waals surface area contributed by atoms with Gasteiger partial charge in [0.2, 0.25) is 5.91 Å². The molecule has 1 aromatic heterocycles. The van der Waals surface area contributed by atoms with Crippen LogP contribution in [0.5, 0.6) is 0 Å². The first-order valence-corrected chi connectivity index (χ1v) is 6.83. The third-order valence-corrected chi connectivity index (χ3v) is 3.44. The fourth-order valence-electron chi connectivity index (χ4n) is 1.82. The van der Waals surface area contributed by atoms with Crippen molar-refractivity contribution in [2.75, 3.05) is 5.32 Å². The van der Waals surface area contributed by atoms with Gasteiger partial charge in [0.05, 0.1) is 15.5 Å². The van der Waals surface area contributed by atoms with E-state index in [1.165, 1.54) is 13.0 Å². The lowest BCUT2D eigenvalue weighted by atomic mass is 10.2. The van der Waals surface area contributed by atoms with Crippen LogP contribution < -0.4 is 5.32 Å². The first-order valence-electron chi connectivity index (χ1n) is 6.45. The van der Waals surface area contributed by atoms with Gasteiger partial charge in [0.25, 0.3) is 0 Å². The van der Waals surface area contributed by atoms with Crippen molar-refractivity contribution in [3.05, 3.63) is 51.3 Å². The Morgan fingerprint density at radius 2 is 2.12 bits per heavy atom. The molecule has 7 nitrogen and oxygen atoms in total. The summed E-state index contributed by atoms with van der Waals surface area (Å²) < 4.78 is 39.4. The molecular weight excluding hydrogens is 353 g/mol. The molecule has 0 spiro atoms. The maximum absolute atomic E-state index is 12.8. The lowest BCUT2D eigenvalue weighted by Crippen LogP contribution is -2.24. The lowest BCUT2D eigenvalue weighted by Gasteiger charge is -2.14. The largest absolute Gasteiger partial charge is 0.417 e. The topological polar surface area (TPSA) is 90.1 Å². The van der Waals surface area contributed by atoms with Gasteiger partial charge < -0.3 is 5.32 Å². The second kappa shape index (κ2) is 6.48. The van der Waals surface area contributed by atoms with E-state index in [1.807, 2.05) is 0 Å². The van der Waals surface area contributed by atoms with Gasteiger partial charge in [0.15, 0.2) is 0 Å². The van der Waals surface area contributed by atoms with E-state index in [-0.39, 0.29) is 11.4 Å². The fourth-order valence-corrected chi connectivity index (χ4v) is 2.05. The summed E-state index contributed by atoms with van der Waals surface area (Å²) in [6.45, 7) is 1.40. The molecule has 0 aliphatic heterocycles. The molecule has 1 aromatic carbocycles.